The highest BCUT2D eigenvalue weighted by molar-refractivity contribution is 7.90. The third-order valence-corrected chi connectivity index (χ3v) is 6.35. The van der Waals surface area contributed by atoms with E-state index in [9.17, 15) is 13.2 Å². The van der Waals surface area contributed by atoms with E-state index in [1.54, 1.807) is 13.0 Å². The lowest BCUT2D eigenvalue weighted by molar-refractivity contribution is -0.136. The van der Waals surface area contributed by atoms with Gasteiger partial charge in [0.2, 0.25) is 0 Å². The average molecular weight is 402 g/mol. The number of benzene rings is 2. The molecule has 0 N–H and O–H groups in total. The zero-order chi connectivity index (χ0) is 20.3. The highest BCUT2D eigenvalue weighted by atomic mass is 32.2. The Bertz CT molecular complexity index is 945. The van der Waals surface area contributed by atoms with E-state index in [2.05, 4.69) is 17.0 Å². The first-order valence-corrected chi connectivity index (χ1v) is 11.6. The van der Waals surface area contributed by atoms with Crippen LogP contribution in [0.1, 0.15) is 43.2 Å². The fourth-order valence-corrected chi connectivity index (χ4v) is 4.28. The number of rotatable bonds is 6. The van der Waals surface area contributed by atoms with Crippen LogP contribution in [-0.4, -0.2) is 33.7 Å². The maximum atomic E-state index is 12.8. The lowest BCUT2D eigenvalue weighted by Crippen LogP contribution is -2.20. The van der Waals surface area contributed by atoms with Crippen molar-refractivity contribution >= 4 is 21.5 Å². The number of carbonyl (C=O) groups excluding carboxylic acids is 1. The molecular formula is C22H27NO4S. The van der Waals surface area contributed by atoms with Crippen LogP contribution in [-0.2, 0) is 14.6 Å². The van der Waals surface area contributed by atoms with Gasteiger partial charge in [-0.25, -0.2) is 8.42 Å². The number of carbonyl (C=O) groups is 1. The van der Waals surface area contributed by atoms with Crippen molar-refractivity contribution in [1.82, 2.24) is 0 Å². The fraction of sp³-hybridized carbons (Fsp3) is 0.409. The molecule has 1 aliphatic rings. The Morgan fingerprint density at radius 1 is 1.11 bits per heavy atom. The smallest absolute Gasteiger partial charge is 0.318 e. The van der Waals surface area contributed by atoms with E-state index in [4.69, 9.17) is 4.74 Å². The summed E-state index contributed by atoms with van der Waals surface area (Å²) < 4.78 is 28.9. The predicted molar refractivity (Wildman–Crippen MR) is 111 cm³/mol. The Labute approximate surface area is 167 Å². The van der Waals surface area contributed by atoms with E-state index < -0.39 is 9.84 Å². The molecule has 0 amide bonds. The van der Waals surface area contributed by atoms with Crippen molar-refractivity contribution in [2.24, 2.45) is 0 Å². The van der Waals surface area contributed by atoms with E-state index in [1.165, 1.54) is 30.7 Å². The van der Waals surface area contributed by atoms with Crippen LogP contribution in [0.5, 0.6) is 5.75 Å². The number of aryl methyl sites for hydroxylation is 1. The molecule has 0 aliphatic carbocycles. The average Bonchev–Trinajstić information content (AvgIpc) is 3.18. The van der Waals surface area contributed by atoms with Gasteiger partial charge in [-0.05, 0) is 67.6 Å². The summed E-state index contributed by atoms with van der Waals surface area (Å²) in [5.41, 5.74) is 2.74. The number of sulfone groups is 1. The van der Waals surface area contributed by atoms with Gasteiger partial charge in [0.15, 0.2) is 9.84 Å². The van der Waals surface area contributed by atoms with Crippen molar-refractivity contribution in [3.8, 4) is 5.75 Å². The number of anilines is 1. The molecule has 1 saturated heterocycles. The van der Waals surface area contributed by atoms with E-state index in [1.807, 2.05) is 19.1 Å². The van der Waals surface area contributed by atoms with E-state index in [0.29, 0.717) is 17.7 Å². The Hall–Kier alpha value is -2.34. The summed E-state index contributed by atoms with van der Waals surface area (Å²) in [4.78, 5) is 15.3. The lowest BCUT2D eigenvalue weighted by Gasteiger charge is -2.20. The minimum atomic E-state index is -3.29. The second-order valence-electron chi connectivity index (χ2n) is 7.37. The van der Waals surface area contributed by atoms with Gasteiger partial charge in [-0.1, -0.05) is 19.1 Å². The van der Waals surface area contributed by atoms with Gasteiger partial charge in [0.05, 0.1) is 10.8 Å². The summed E-state index contributed by atoms with van der Waals surface area (Å²) in [7, 11) is -3.29. The van der Waals surface area contributed by atoms with E-state index in [0.717, 1.165) is 24.9 Å². The van der Waals surface area contributed by atoms with E-state index >= 15 is 0 Å². The molecule has 28 heavy (non-hydrogen) atoms. The first kappa shape index (κ1) is 20.4. The monoisotopic (exact) mass is 401 g/mol. The summed E-state index contributed by atoms with van der Waals surface area (Å²) in [5, 5.41) is 0. The summed E-state index contributed by atoms with van der Waals surface area (Å²) in [5.74, 6) is -0.294. The van der Waals surface area contributed by atoms with Crippen LogP contribution in [0.4, 0.5) is 5.69 Å². The first-order chi connectivity index (χ1) is 13.3. The van der Waals surface area contributed by atoms with Gasteiger partial charge in [-0.15, -0.1) is 0 Å². The second kappa shape index (κ2) is 8.35. The summed E-state index contributed by atoms with van der Waals surface area (Å²) >= 11 is 0. The normalized spacial score (nSPS) is 15.5. The van der Waals surface area contributed by atoms with Crippen molar-refractivity contribution in [3.63, 3.8) is 0 Å². The van der Waals surface area contributed by atoms with E-state index in [-0.39, 0.29) is 16.8 Å². The van der Waals surface area contributed by atoms with Crippen molar-refractivity contribution < 1.29 is 17.9 Å². The Balaban J connectivity index is 1.75. The molecule has 1 atom stereocenters. The van der Waals surface area contributed by atoms with Crippen LogP contribution in [0.15, 0.2) is 47.4 Å². The fourth-order valence-electron chi connectivity index (χ4n) is 3.58. The predicted octanol–water partition coefficient (Wildman–Crippen LogP) is 4.10. The van der Waals surface area contributed by atoms with Gasteiger partial charge < -0.3 is 9.64 Å². The van der Waals surface area contributed by atoms with Crippen LogP contribution in [0.25, 0.3) is 0 Å². The molecule has 6 heteroatoms. The van der Waals surface area contributed by atoms with Crippen LogP contribution >= 0.6 is 0 Å². The highest BCUT2D eigenvalue weighted by Gasteiger charge is 2.22. The van der Waals surface area contributed by atoms with Crippen molar-refractivity contribution in [2.75, 3.05) is 24.2 Å². The van der Waals surface area contributed by atoms with Gasteiger partial charge in [0.1, 0.15) is 5.75 Å². The molecule has 1 aliphatic heterocycles. The number of nitrogens with zero attached hydrogens (tertiary/aromatic N) is 1. The van der Waals surface area contributed by atoms with Crippen molar-refractivity contribution in [2.45, 2.75) is 43.9 Å². The van der Waals surface area contributed by atoms with Crippen LogP contribution in [0.2, 0.25) is 0 Å². The Morgan fingerprint density at radius 3 is 2.29 bits per heavy atom. The molecule has 2 aromatic rings. The minimum absolute atomic E-state index is 0.217. The van der Waals surface area contributed by atoms with Crippen LogP contribution < -0.4 is 9.64 Å². The van der Waals surface area contributed by atoms with Crippen LogP contribution in [0.3, 0.4) is 0 Å². The van der Waals surface area contributed by atoms with Gasteiger partial charge in [-0.3, -0.25) is 4.79 Å². The number of esters is 1. The zero-order valence-electron chi connectivity index (χ0n) is 16.6. The summed E-state index contributed by atoms with van der Waals surface area (Å²) in [6.07, 6.45) is 4.24. The van der Waals surface area contributed by atoms with Gasteiger partial charge >= 0.3 is 5.97 Å². The topological polar surface area (TPSA) is 63.7 Å². The maximum Gasteiger partial charge on any atom is 0.318 e. The maximum absolute atomic E-state index is 12.8. The second-order valence-corrected chi connectivity index (χ2v) is 9.38. The lowest BCUT2D eigenvalue weighted by atomic mass is 9.96. The third-order valence-electron chi connectivity index (χ3n) is 5.24. The number of ether oxygens (including phenoxy) is 1. The molecule has 2 aromatic carbocycles. The Morgan fingerprint density at radius 2 is 1.75 bits per heavy atom. The van der Waals surface area contributed by atoms with Gasteiger partial charge in [0.25, 0.3) is 0 Å². The molecule has 0 bridgehead atoms. The number of hydrogen-bond acceptors (Lipinski definition) is 5. The quantitative estimate of drug-likeness (QED) is 0.539. The highest BCUT2D eigenvalue weighted by Crippen LogP contribution is 2.28. The minimum Gasteiger partial charge on any atom is -0.426 e. The number of hydrogen-bond donors (Lipinski definition) is 0. The molecule has 3 rings (SSSR count). The van der Waals surface area contributed by atoms with Gasteiger partial charge in [0, 0.05) is 25.0 Å². The molecule has 1 heterocycles. The molecule has 0 aromatic heterocycles. The van der Waals surface area contributed by atoms with Crippen molar-refractivity contribution in [1.29, 1.82) is 0 Å². The molecular weight excluding hydrogens is 374 g/mol. The Kier molecular flexibility index (Phi) is 6.08. The SMILES string of the molecule is CC[C@H](C(=O)Oc1ccc(S(C)(=O)=O)cc1C)c1ccc(N2CCCC2)cc1. The first-order valence-electron chi connectivity index (χ1n) is 9.67. The van der Waals surface area contributed by atoms with Gasteiger partial charge in [-0.2, -0.15) is 0 Å². The molecule has 1 fully saturated rings. The molecule has 0 unspecified atom stereocenters. The zero-order valence-corrected chi connectivity index (χ0v) is 17.5. The third kappa shape index (κ3) is 4.55. The molecule has 5 nitrogen and oxygen atoms in total. The summed E-state index contributed by atoms with van der Waals surface area (Å²) in [6, 6.07) is 12.7. The summed E-state index contributed by atoms with van der Waals surface area (Å²) in [6.45, 7) is 5.87. The van der Waals surface area contributed by atoms with Crippen molar-refractivity contribution in [3.05, 3.63) is 53.6 Å². The standard InChI is InChI=1S/C22H27NO4S/c1-4-20(17-7-9-18(10-8-17)23-13-5-6-14-23)22(24)27-21-12-11-19(15-16(21)2)28(3,25)26/h7-12,15,20H,4-6,13-14H2,1-3H3/t20-/m0/s1. The molecule has 0 radical (unpaired) electrons. The van der Waals surface area contributed by atoms with Crippen LogP contribution in [0, 0.1) is 6.92 Å². The molecule has 0 spiro atoms. The largest absolute Gasteiger partial charge is 0.426 e. The molecule has 150 valence electrons. The molecule has 0 saturated carbocycles.